The maximum atomic E-state index is 12.9. The van der Waals surface area contributed by atoms with Gasteiger partial charge in [0.2, 0.25) is 0 Å². The Morgan fingerprint density at radius 1 is 0.396 bits per heavy atom. The van der Waals surface area contributed by atoms with Gasteiger partial charge in [-0.2, -0.15) is 0 Å². The SMILES string of the molecule is C[Si](C)(OCOC(=O)CC(=O)OCO[Si](c1ccccc1)(c1ccccc1)c1ccccc1)O[Si](c1ccccc1)(c1ccccc1)c1ccccc1. The number of hydrogen-bond donors (Lipinski definition) is 0. The molecule has 10 heteroatoms. The molecule has 0 amide bonds. The van der Waals surface area contributed by atoms with Crippen LogP contribution in [0.4, 0.5) is 0 Å². The monoisotopic (exact) mass is 754 g/mol. The Bertz CT molecular complexity index is 1840. The highest BCUT2D eigenvalue weighted by Crippen LogP contribution is 2.18. The molecule has 0 aliphatic carbocycles. The smallest absolute Gasteiger partial charge is 0.324 e. The van der Waals surface area contributed by atoms with Gasteiger partial charge in [0, 0.05) is 0 Å². The summed E-state index contributed by atoms with van der Waals surface area (Å²) in [6.45, 7) is 3.17. The summed E-state index contributed by atoms with van der Waals surface area (Å²) >= 11 is 0. The maximum Gasteiger partial charge on any atom is 0.324 e. The van der Waals surface area contributed by atoms with E-state index in [1.165, 1.54) is 0 Å². The maximum absolute atomic E-state index is 12.9. The van der Waals surface area contributed by atoms with E-state index < -0.39 is 43.6 Å². The summed E-state index contributed by atoms with van der Waals surface area (Å²) in [5, 5.41) is 6.21. The van der Waals surface area contributed by atoms with E-state index in [1.807, 2.05) is 159 Å². The van der Waals surface area contributed by atoms with Crippen LogP contribution in [0.3, 0.4) is 0 Å². The summed E-state index contributed by atoms with van der Waals surface area (Å²) in [6.07, 6.45) is -0.594. The molecule has 0 saturated carbocycles. The lowest BCUT2D eigenvalue weighted by atomic mass is 10.3. The van der Waals surface area contributed by atoms with Gasteiger partial charge >= 0.3 is 20.5 Å². The molecule has 0 aliphatic heterocycles. The molecule has 0 fully saturated rings. The minimum atomic E-state index is -3.09. The van der Waals surface area contributed by atoms with Crippen LogP contribution in [0.2, 0.25) is 13.1 Å². The van der Waals surface area contributed by atoms with Gasteiger partial charge < -0.3 is 22.4 Å². The van der Waals surface area contributed by atoms with Crippen molar-refractivity contribution in [3.63, 3.8) is 0 Å². The van der Waals surface area contributed by atoms with E-state index in [0.29, 0.717) is 0 Å². The number of esters is 2. The molecule has 0 aromatic heterocycles. The predicted octanol–water partition coefficient (Wildman–Crippen LogP) is 4.46. The molecule has 7 nitrogen and oxygen atoms in total. The first-order valence-electron chi connectivity index (χ1n) is 17.5. The number of ether oxygens (including phenoxy) is 2. The normalized spacial score (nSPS) is 11.8. The highest BCUT2D eigenvalue weighted by Gasteiger charge is 2.47. The van der Waals surface area contributed by atoms with Gasteiger partial charge in [-0.3, -0.25) is 9.59 Å². The molecule has 0 heterocycles. The quantitative estimate of drug-likeness (QED) is 0.0475. The van der Waals surface area contributed by atoms with E-state index in [4.69, 9.17) is 22.4 Å². The molecule has 6 aromatic rings. The average molecular weight is 755 g/mol. The van der Waals surface area contributed by atoms with Gasteiger partial charge in [-0.25, -0.2) is 0 Å². The topological polar surface area (TPSA) is 80.3 Å². The number of rotatable bonds is 16. The van der Waals surface area contributed by atoms with Crippen LogP contribution in [-0.2, 0) is 32.0 Å². The molecule has 0 radical (unpaired) electrons. The van der Waals surface area contributed by atoms with Gasteiger partial charge in [0.25, 0.3) is 16.6 Å². The Hall–Kier alpha value is -5.21. The van der Waals surface area contributed by atoms with Crippen molar-refractivity contribution in [2.24, 2.45) is 0 Å². The summed E-state index contributed by atoms with van der Waals surface area (Å²) in [4.78, 5) is 25.8. The van der Waals surface area contributed by atoms with Crippen LogP contribution in [0.15, 0.2) is 182 Å². The molecule has 0 spiro atoms. The molecule has 6 aromatic carbocycles. The Labute approximate surface area is 314 Å². The van der Waals surface area contributed by atoms with Crippen LogP contribution >= 0.6 is 0 Å². The van der Waals surface area contributed by atoms with Crippen LogP contribution in [0, 0.1) is 0 Å². The number of carbonyl (C=O) groups is 2. The first-order valence-corrected chi connectivity index (χ1v) is 24.1. The van der Waals surface area contributed by atoms with Crippen molar-refractivity contribution in [1.29, 1.82) is 0 Å². The average Bonchev–Trinajstić information content (AvgIpc) is 3.20. The summed E-state index contributed by atoms with van der Waals surface area (Å²) < 4.78 is 31.0. The van der Waals surface area contributed by atoms with Crippen molar-refractivity contribution in [1.82, 2.24) is 0 Å². The van der Waals surface area contributed by atoms with E-state index in [2.05, 4.69) is 36.4 Å². The molecule has 0 atom stereocenters. The van der Waals surface area contributed by atoms with Gasteiger partial charge in [0.15, 0.2) is 13.6 Å². The van der Waals surface area contributed by atoms with E-state index in [-0.39, 0.29) is 13.6 Å². The molecular weight excluding hydrogens is 713 g/mol. The first kappa shape index (κ1) is 37.5. The zero-order valence-corrected chi connectivity index (χ0v) is 32.8. The zero-order valence-electron chi connectivity index (χ0n) is 29.8. The van der Waals surface area contributed by atoms with Crippen LogP contribution < -0.4 is 31.1 Å². The van der Waals surface area contributed by atoms with Gasteiger partial charge in [0.05, 0.1) is 0 Å². The van der Waals surface area contributed by atoms with Crippen LogP contribution in [0.25, 0.3) is 0 Å². The fourth-order valence-corrected chi connectivity index (χ4v) is 18.2. The number of carbonyl (C=O) groups excluding carboxylic acids is 2. The lowest BCUT2D eigenvalue weighted by Gasteiger charge is -2.39. The molecule has 268 valence electrons. The summed E-state index contributed by atoms with van der Waals surface area (Å²) in [5.41, 5.74) is 0. The van der Waals surface area contributed by atoms with Gasteiger partial charge in [0.1, 0.15) is 6.42 Å². The minimum absolute atomic E-state index is 0.341. The lowest BCUT2D eigenvalue weighted by molar-refractivity contribution is -0.161. The Morgan fingerprint density at radius 3 is 0.962 bits per heavy atom. The molecule has 0 saturated heterocycles. The van der Waals surface area contributed by atoms with Crippen molar-refractivity contribution in [3.8, 4) is 0 Å². The largest absolute Gasteiger partial charge is 0.439 e. The molecular formula is C43H42O7Si3. The second-order valence-corrected chi connectivity index (χ2v) is 23.2. The van der Waals surface area contributed by atoms with E-state index in [9.17, 15) is 9.59 Å². The van der Waals surface area contributed by atoms with Crippen molar-refractivity contribution in [2.75, 3.05) is 13.6 Å². The van der Waals surface area contributed by atoms with Crippen LogP contribution in [-0.4, -0.2) is 50.7 Å². The minimum Gasteiger partial charge on any atom is -0.439 e. The van der Waals surface area contributed by atoms with Crippen molar-refractivity contribution >= 4 is 68.3 Å². The Balaban J connectivity index is 1.11. The van der Waals surface area contributed by atoms with Crippen LogP contribution in [0.1, 0.15) is 6.42 Å². The third-order valence-corrected chi connectivity index (χ3v) is 20.3. The lowest BCUT2D eigenvalue weighted by Crippen LogP contribution is -2.72. The van der Waals surface area contributed by atoms with E-state index in [0.717, 1.165) is 31.1 Å². The van der Waals surface area contributed by atoms with Crippen molar-refractivity contribution in [3.05, 3.63) is 182 Å². The molecule has 0 aliphatic rings. The molecule has 6 rings (SSSR count). The number of benzene rings is 6. The van der Waals surface area contributed by atoms with E-state index in [1.54, 1.807) is 0 Å². The van der Waals surface area contributed by atoms with Gasteiger partial charge in [-0.05, 0) is 44.2 Å². The summed E-state index contributed by atoms with van der Waals surface area (Å²) in [7, 11) is -9.12. The highest BCUT2D eigenvalue weighted by atomic mass is 28.4. The first-order chi connectivity index (χ1) is 25.8. The molecule has 0 bridgehead atoms. The van der Waals surface area contributed by atoms with Crippen LogP contribution in [0.5, 0.6) is 0 Å². The van der Waals surface area contributed by atoms with E-state index >= 15 is 0 Å². The zero-order chi connectivity index (χ0) is 37.0. The molecule has 0 unspecified atom stereocenters. The fourth-order valence-electron chi connectivity index (χ4n) is 6.50. The Morgan fingerprint density at radius 2 is 0.660 bits per heavy atom. The summed E-state index contributed by atoms with van der Waals surface area (Å²) in [6, 6.07) is 60.5. The predicted molar refractivity (Wildman–Crippen MR) is 215 cm³/mol. The second kappa shape index (κ2) is 17.5. The highest BCUT2D eigenvalue weighted by molar-refractivity contribution is 7.10. The third kappa shape index (κ3) is 8.88. The standard InChI is InChI=1S/C43H42O7Si3/c1-51(2,50-53(39-27-15-6-16-28-39,40-29-17-7-18-30-40)41-31-19-8-20-32-41)48-34-46-42(44)33-43(45)47-35-49-52(36-21-9-3-10-22-36,37-23-11-4-12-24-37)38-25-13-5-14-26-38/h3-32H,33-35H2,1-2H3. The van der Waals surface area contributed by atoms with Gasteiger partial charge in [-0.15, -0.1) is 0 Å². The number of hydrogen-bond acceptors (Lipinski definition) is 7. The molecule has 0 N–H and O–H groups in total. The third-order valence-electron chi connectivity index (χ3n) is 8.89. The van der Waals surface area contributed by atoms with Gasteiger partial charge in [-0.1, -0.05) is 182 Å². The van der Waals surface area contributed by atoms with Crippen molar-refractivity contribution in [2.45, 2.75) is 19.5 Å². The van der Waals surface area contributed by atoms with Crippen molar-refractivity contribution < 1.29 is 32.0 Å². The molecule has 53 heavy (non-hydrogen) atoms. The summed E-state index contributed by atoms with van der Waals surface area (Å²) in [5.74, 6) is -1.53. The fraction of sp³-hybridized carbons (Fsp3) is 0.116. The second-order valence-electron chi connectivity index (χ2n) is 12.8. The Kier molecular flexibility index (Phi) is 12.4.